The molecule has 2 aliphatic carbocycles. The maximum absolute atomic E-state index is 6.57. The molecule has 12 aromatic rings. The third-order valence-electron chi connectivity index (χ3n) is 14.0. The molecule has 3 heteroatoms. The van der Waals surface area contributed by atoms with E-state index in [4.69, 9.17) is 8.83 Å². The van der Waals surface area contributed by atoms with Crippen molar-refractivity contribution in [3.05, 3.63) is 286 Å². The van der Waals surface area contributed by atoms with E-state index in [1.165, 1.54) is 77.5 Å². The van der Waals surface area contributed by atoms with Gasteiger partial charge in [0.1, 0.15) is 22.3 Å². The smallest absolute Gasteiger partial charge is 0.144 e. The monoisotopic (exact) mass is 894 g/mol. The second-order valence-corrected chi connectivity index (χ2v) is 18.0. The Morgan fingerprint density at radius 1 is 0.308 bits per heavy atom. The molecule has 0 unspecified atom stereocenters. The molecule has 0 radical (unpaired) electrons. The average Bonchev–Trinajstić information content (AvgIpc) is 4.12. The molecular formula is C62H39BrO2. The highest BCUT2D eigenvalue weighted by atomic mass is 79.9. The van der Waals surface area contributed by atoms with E-state index in [1.807, 2.05) is 12.1 Å². The highest BCUT2D eigenvalue weighted by Gasteiger charge is 2.49. The molecule has 306 valence electrons. The van der Waals surface area contributed by atoms with Crippen molar-refractivity contribution >= 4 is 59.8 Å². The van der Waals surface area contributed by atoms with Gasteiger partial charge in [-0.1, -0.05) is 234 Å². The summed E-state index contributed by atoms with van der Waals surface area (Å²) in [5, 5.41) is 4.61. The number of para-hydroxylation sites is 2. The van der Waals surface area contributed by atoms with E-state index >= 15 is 0 Å². The van der Waals surface area contributed by atoms with Gasteiger partial charge in [0.2, 0.25) is 0 Å². The van der Waals surface area contributed by atoms with Crippen LogP contribution in [0.2, 0.25) is 0 Å². The zero-order valence-corrected chi connectivity index (χ0v) is 36.8. The van der Waals surface area contributed by atoms with E-state index < -0.39 is 5.41 Å². The first-order valence-electron chi connectivity index (χ1n) is 22.2. The molecule has 10 aromatic carbocycles. The van der Waals surface area contributed by atoms with E-state index in [0.29, 0.717) is 0 Å². The van der Waals surface area contributed by atoms with Crippen molar-refractivity contribution in [1.82, 2.24) is 0 Å². The molecule has 2 aromatic heterocycles. The van der Waals surface area contributed by atoms with E-state index in [0.717, 1.165) is 37.6 Å². The number of fused-ring (bicyclic) bond motifs is 14. The molecular weight excluding hydrogens is 857 g/mol. The summed E-state index contributed by atoms with van der Waals surface area (Å²) in [6.07, 6.45) is 0. The number of furan rings is 2. The third kappa shape index (κ3) is 5.28. The number of benzene rings is 10. The van der Waals surface area contributed by atoms with Crippen LogP contribution in [-0.4, -0.2) is 0 Å². The van der Waals surface area contributed by atoms with E-state index in [9.17, 15) is 0 Å². The van der Waals surface area contributed by atoms with Gasteiger partial charge in [0.25, 0.3) is 0 Å². The minimum absolute atomic E-state index is 0.387. The van der Waals surface area contributed by atoms with Gasteiger partial charge < -0.3 is 8.83 Å². The van der Waals surface area contributed by atoms with Gasteiger partial charge in [0.15, 0.2) is 0 Å². The maximum Gasteiger partial charge on any atom is 0.144 e. The van der Waals surface area contributed by atoms with Crippen LogP contribution in [0.5, 0.6) is 0 Å². The summed E-state index contributed by atoms with van der Waals surface area (Å²) in [7, 11) is 0. The van der Waals surface area contributed by atoms with E-state index in [2.05, 4.69) is 240 Å². The largest absolute Gasteiger partial charge is 0.455 e. The molecule has 0 spiro atoms. The zero-order valence-electron chi connectivity index (χ0n) is 35.2. The second-order valence-electron chi connectivity index (χ2n) is 17.1. The number of rotatable bonds is 4. The van der Waals surface area contributed by atoms with Crippen molar-refractivity contribution in [2.24, 2.45) is 0 Å². The normalized spacial score (nSPS) is 13.9. The molecule has 0 fully saturated rings. The van der Waals surface area contributed by atoms with Crippen LogP contribution < -0.4 is 0 Å². The van der Waals surface area contributed by atoms with Crippen LogP contribution in [0, 0.1) is 0 Å². The van der Waals surface area contributed by atoms with Gasteiger partial charge in [-0.3, -0.25) is 0 Å². The summed E-state index contributed by atoms with van der Waals surface area (Å²) in [5.74, 6) is 0. The summed E-state index contributed by atoms with van der Waals surface area (Å²) in [4.78, 5) is 0. The van der Waals surface area contributed by atoms with Crippen LogP contribution in [0.15, 0.2) is 250 Å². The topological polar surface area (TPSA) is 26.3 Å². The lowest BCUT2D eigenvalue weighted by molar-refractivity contribution is 0.668. The Morgan fingerprint density at radius 2 is 0.708 bits per heavy atom. The Bertz CT molecular complexity index is 3690. The summed E-state index contributed by atoms with van der Waals surface area (Å²) < 4.78 is 14.1. The van der Waals surface area contributed by atoms with Gasteiger partial charge in [-0.05, 0) is 73.8 Å². The Balaban J connectivity index is 0.000000130. The quantitative estimate of drug-likeness (QED) is 0.176. The molecule has 0 N–H and O–H groups in total. The first-order chi connectivity index (χ1) is 32.2. The molecule has 0 bridgehead atoms. The SMILES string of the molecule is Brc1cc2c(c3oc4ccccc4c13)-c1ccccc1C2(c1ccccc1)c1ccccc1.c1ccc(C2(c3ccccc3)c3ccccc3-c3c2ccc2c3oc3ccccc32)cc1. The fourth-order valence-corrected chi connectivity index (χ4v) is 12.1. The molecule has 2 nitrogen and oxygen atoms in total. The van der Waals surface area contributed by atoms with Crippen molar-refractivity contribution in [2.75, 3.05) is 0 Å². The Hall–Kier alpha value is -7.72. The first kappa shape index (κ1) is 37.8. The van der Waals surface area contributed by atoms with Crippen molar-refractivity contribution in [3.63, 3.8) is 0 Å². The fourth-order valence-electron chi connectivity index (χ4n) is 11.5. The van der Waals surface area contributed by atoms with Gasteiger partial charge in [-0.2, -0.15) is 0 Å². The second kappa shape index (κ2) is 14.7. The van der Waals surface area contributed by atoms with Crippen molar-refractivity contribution < 1.29 is 8.83 Å². The standard InChI is InChI=1S/C31H19BrO.C31H20O/c32-26-19-25-28(30-29(26)23-16-8-10-18-27(23)33-30)22-15-7-9-17-24(22)31(25,20-11-3-1-4-12-20)21-13-5-2-6-14-21;1-3-11-21(12-4-1)31(22-13-5-2-6-14-22)26-17-9-7-16-25(26)29-27(31)20-19-24-23-15-8-10-18-28(23)32-30(24)29/h1-19H;1-20H. The lowest BCUT2D eigenvalue weighted by Crippen LogP contribution is -2.28. The maximum atomic E-state index is 6.57. The summed E-state index contributed by atoms with van der Waals surface area (Å²) >= 11 is 3.93. The van der Waals surface area contributed by atoms with Crippen LogP contribution >= 0.6 is 15.9 Å². The lowest BCUT2D eigenvalue weighted by Gasteiger charge is -2.33. The molecule has 2 aliphatic rings. The zero-order chi connectivity index (χ0) is 43.1. The predicted octanol–water partition coefficient (Wildman–Crippen LogP) is 16.7. The van der Waals surface area contributed by atoms with E-state index in [1.54, 1.807) is 0 Å². The summed E-state index contributed by atoms with van der Waals surface area (Å²) in [5.41, 5.74) is 18.0. The molecule has 0 saturated heterocycles. The van der Waals surface area contributed by atoms with Gasteiger partial charge in [-0.15, -0.1) is 0 Å². The highest BCUT2D eigenvalue weighted by molar-refractivity contribution is 9.10. The molecule has 0 amide bonds. The van der Waals surface area contributed by atoms with Crippen LogP contribution in [0.4, 0.5) is 0 Å². The van der Waals surface area contributed by atoms with Crippen molar-refractivity contribution in [3.8, 4) is 22.3 Å². The molecule has 14 rings (SSSR count). The minimum atomic E-state index is -0.426. The summed E-state index contributed by atoms with van der Waals surface area (Å²) in [6.45, 7) is 0. The highest BCUT2D eigenvalue weighted by Crippen LogP contribution is 2.60. The van der Waals surface area contributed by atoms with Crippen LogP contribution in [0.3, 0.4) is 0 Å². The fraction of sp³-hybridized carbons (Fsp3) is 0.0323. The van der Waals surface area contributed by atoms with Crippen LogP contribution in [-0.2, 0) is 10.8 Å². The molecule has 0 atom stereocenters. The molecule has 65 heavy (non-hydrogen) atoms. The Labute approximate surface area is 385 Å². The van der Waals surface area contributed by atoms with Gasteiger partial charge in [-0.25, -0.2) is 0 Å². The number of hydrogen-bond acceptors (Lipinski definition) is 2. The van der Waals surface area contributed by atoms with Crippen LogP contribution in [0.1, 0.15) is 44.5 Å². The third-order valence-corrected chi connectivity index (χ3v) is 14.6. The summed E-state index contributed by atoms with van der Waals surface area (Å²) in [6, 6.07) is 84.5. The van der Waals surface area contributed by atoms with Crippen molar-refractivity contribution in [2.45, 2.75) is 10.8 Å². The molecule has 2 heterocycles. The van der Waals surface area contributed by atoms with Crippen molar-refractivity contribution in [1.29, 1.82) is 0 Å². The van der Waals surface area contributed by atoms with Gasteiger partial charge in [0, 0.05) is 37.1 Å². The first-order valence-corrected chi connectivity index (χ1v) is 23.0. The number of halogens is 1. The Kier molecular flexibility index (Phi) is 8.53. The van der Waals surface area contributed by atoms with Crippen LogP contribution in [0.25, 0.3) is 66.1 Å². The lowest BCUT2D eigenvalue weighted by atomic mass is 9.67. The predicted molar refractivity (Wildman–Crippen MR) is 270 cm³/mol. The molecule has 0 saturated carbocycles. The minimum Gasteiger partial charge on any atom is -0.455 e. The number of hydrogen-bond donors (Lipinski definition) is 0. The Morgan fingerprint density at radius 3 is 1.25 bits per heavy atom. The van der Waals surface area contributed by atoms with Gasteiger partial charge >= 0.3 is 0 Å². The molecule has 0 aliphatic heterocycles. The van der Waals surface area contributed by atoms with E-state index in [-0.39, 0.29) is 5.41 Å². The van der Waals surface area contributed by atoms with Gasteiger partial charge in [0.05, 0.1) is 10.8 Å². The average molecular weight is 896 g/mol.